The molecule has 5 aliphatic carbocycles. The van der Waals surface area contributed by atoms with Crippen LogP contribution in [0.5, 0.6) is 0 Å². The highest BCUT2D eigenvalue weighted by molar-refractivity contribution is 5.77. The van der Waals surface area contributed by atoms with Crippen LogP contribution in [0.2, 0.25) is 0 Å². The van der Waals surface area contributed by atoms with Gasteiger partial charge >= 0.3 is 0 Å². The Bertz CT molecular complexity index is 1090. The molecular weight excluding hydrogens is 606 g/mol. The number of amides is 1. The molecule has 9 atom stereocenters. The molecule has 5 rings (SSSR count). The third kappa shape index (κ3) is 10.2. The van der Waals surface area contributed by atoms with Gasteiger partial charge in [-0.15, -0.1) is 0 Å². The van der Waals surface area contributed by atoms with Crippen LogP contribution in [0.15, 0.2) is 23.3 Å². The Labute approximate surface area is 300 Å². The molecule has 0 aromatic carbocycles. The first kappa shape index (κ1) is 39.0. The Morgan fingerprint density at radius 1 is 0.878 bits per heavy atom. The van der Waals surface area contributed by atoms with Crippen LogP contribution in [-0.4, -0.2) is 50.0 Å². The van der Waals surface area contributed by atoms with E-state index < -0.39 is 0 Å². The van der Waals surface area contributed by atoms with Gasteiger partial charge in [-0.1, -0.05) is 75.7 Å². The van der Waals surface area contributed by atoms with E-state index >= 15 is 0 Å². The second-order valence-corrected chi connectivity index (χ2v) is 17.8. The molecule has 6 heteroatoms. The second-order valence-electron chi connectivity index (χ2n) is 17.8. The van der Waals surface area contributed by atoms with Gasteiger partial charge in [0.25, 0.3) is 0 Å². The number of rotatable bonds is 15. The lowest BCUT2D eigenvalue weighted by Gasteiger charge is -2.58. The summed E-state index contributed by atoms with van der Waals surface area (Å²) in [4.78, 5) is 12.6. The summed E-state index contributed by atoms with van der Waals surface area (Å²) in [7, 11) is 0. The highest BCUT2D eigenvalue weighted by Crippen LogP contribution is 2.65. The van der Waals surface area contributed by atoms with Crippen molar-refractivity contribution in [2.75, 3.05) is 32.8 Å². The maximum Gasteiger partial charge on any atom is 0.245 e. The third-order valence-corrected chi connectivity index (χ3v) is 14.7. The van der Waals surface area contributed by atoms with Crippen LogP contribution >= 0.6 is 0 Å². The van der Waals surface area contributed by atoms with Crippen molar-refractivity contribution in [2.24, 2.45) is 57.8 Å². The molecule has 8 unspecified atom stereocenters. The standard InChI is InChI=1S/C43H75N3O3/c1-42-24-22-35(29-36(42)18-19-37-38-20-21-40(47)43(38,2)25-23-39(37)42)30-49-31-41(48)46-28-4-3-9-33-12-5-10-32(14-7-26-44)11-6-13-34(17-16-33)15-8-27-45/h17,29,32-33,35,37-40,47H,3-16,18-28,30-31,44-45H2,1-2H3,(H,46,48)/b34-17+/t32-,33?,35?,37?,38?,39?,40?,42?,43?/m0/s1. The number of fused-ring (bicyclic) bond motifs is 5. The van der Waals surface area contributed by atoms with Crippen LogP contribution in [0.3, 0.4) is 0 Å². The summed E-state index contributed by atoms with van der Waals surface area (Å²) in [5.41, 5.74) is 15.5. The van der Waals surface area contributed by atoms with Crippen molar-refractivity contribution >= 4 is 5.91 Å². The highest BCUT2D eigenvalue weighted by Gasteiger charge is 2.58. The summed E-state index contributed by atoms with van der Waals surface area (Å²) >= 11 is 0. The number of ether oxygens (including phenoxy) is 1. The van der Waals surface area contributed by atoms with Gasteiger partial charge in [0.1, 0.15) is 6.61 Å². The Hall–Kier alpha value is -1.21. The van der Waals surface area contributed by atoms with Crippen molar-refractivity contribution in [1.82, 2.24) is 5.32 Å². The SMILES string of the molecule is CC12CCC(COCC(=O)NCCCCC3C/C=C(/CCCN)CCC[C@@H](CCCN)CCC3)C=C1CCC1C2CCC2(C)C(O)CCC12. The van der Waals surface area contributed by atoms with Gasteiger partial charge in [0.2, 0.25) is 5.91 Å². The number of aliphatic hydroxyl groups excluding tert-OH is 1. The number of carbonyl (C=O) groups is 1. The minimum atomic E-state index is -0.0955. The van der Waals surface area contributed by atoms with Gasteiger partial charge < -0.3 is 26.6 Å². The molecule has 0 spiro atoms. The average molecular weight is 682 g/mol. The van der Waals surface area contributed by atoms with E-state index in [9.17, 15) is 9.90 Å². The molecule has 0 aliphatic heterocycles. The molecule has 0 heterocycles. The predicted molar refractivity (Wildman–Crippen MR) is 203 cm³/mol. The van der Waals surface area contributed by atoms with Crippen LogP contribution < -0.4 is 16.8 Å². The molecule has 280 valence electrons. The first-order valence-electron chi connectivity index (χ1n) is 21.1. The lowest BCUT2D eigenvalue weighted by atomic mass is 9.47. The van der Waals surface area contributed by atoms with E-state index in [1.165, 1.54) is 103 Å². The van der Waals surface area contributed by atoms with Gasteiger partial charge in [-0.25, -0.2) is 0 Å². The van der Waals surface area contributed by atoms with Gasteiger partial charge in [0.05, 0.1) is 12.7 Å². The number of nitrogens with two attached hydrogens (primary N) is 2. The lowest BCUT2D eigenvalue weighted by Crippen LogP contribution is -2.51. The topological polar surface area (TPSA) is 111 Å². The van der Waals surface area contributed by atoms with E-state index in [-0.39, 0.29) is 24.0 Å². The van der Waals surface area contributed by atoms with Crippen LogP contribution in [0.4, 0.5) is 0 Å². The van der Waals surface area contributed by atoms with Gasteiger partial charge in [-0.05, 0) is 156 Å². The quantitative estimate of drug-likeness (QED) is 0.102. The van der Waals surface area contributed by atoms with Crippen molar-refractivity contribution in [3.05, 3.63) is 23.3 Å². The summed E-state index contributed by atoms with van der Waals surface area (Å²) in [6.07, 6.45) is 31.9. The van der Waals surface area contributed by atoms with E-state index in [1.54, 1.807) is 11.1 Å². The Morgan fingerprint density at radius 2 is 1.67 bits per heavy atom. The third-order valence-electron chi connectivity index (χ3n) is 14.7. The van der Waals surface area contributed by atoms with Gasteiger partial charge in [0, 0.05) is 12.5 Å². The molecule has 3 fully saturated rings. The molecule has 0 aromatic heterocycles. The Morgan fingerprint density at radius 3 is 2.51 bits per heavy atom. The van der Waals surface area contributed by atoms with E-state index in [4.69, 9.17) is 16.2 Å². The lowest BCUT2D eigenvalue weighted by molar-refractivity contribution is -0.126. The van der Waals surface area contributed by atoms with Crippen LogP contribution in [-0.2, 0) is 9.53 Å². The molecule has 3 saturated carbocycles. The van der Waals surface area contributed by atoms with E-state index in [1.807, 2.05) is 0 Å². The first-order valence-corrected chi connectivity index (χ1v) is 21.1. The number of nitrogens with one attached hydrogen (secondary N) is 1. The fourth-order valence-electron chi connectivity index (χ4n) is 11.6. The molecule has 6 nitrogen and oxygen atoms in total. The molecule has 6 N–H and O–H groups in total. The number of unbranched alkanes of at least 4 members (excludes halogenated alkanes) is 1. The Kier molecular flexibility index (Phi) is 15.2. The minimum Gasteiger partial charge on any atom is -0.393 e. The molecule has 49 heavy (non-hydrogen) atoms. The maximum atomic E-state index is 12.6. The fourth-order valence-corrected chi connectivity index (χ4v) is 11.6. The predicted octanol–water partition coefficient (Wildman–Crippen LogP) is 8.61. The normalized spacial score (nSPS) is 37.9. The zero-order valence-corrected chi connectivity index (χ0v) is 31.7. The fraction of sp³-hybridized carbons (Fsp3) is 0.884. The molecule has 0 bridgehead atoms. The number of aliphatic hydroxyl groups is 1. The highest BCUT2D eigenvalue weighted by atomic mass is 16.5. The van der Waals surface area contributed by atoms with Crippen LogP contribution in [0.1, 0.15) is 155 Å². The number of allylic oxidation sites excluding steroid dienone is 3. The smallest absolute Gasteiger partial charge is 0.245 e. The van der Waals surface area contributed by atoms with Crippen molar-refractivity contribution in [1.29, 1.82) is 0 Å². The number of carbonyl (C=O) groups excluding carboxylic acids is 1. The largest absolute Gasteiger partial charge is 0.393 e. The Balaban J connectivity index is 0.991. The van der Waals surface area contributed by atoms with Crippen LogP contribution in [0.25, 0.3) is 0 Å². The van der Waals surface area contributed by atoms with Gasteiger partial charge in [0.15, 0.2) is 0 Å². The molecule has 5 aliphatic rings. The summed E-state index contributed by atoms with van der Waals surface area (Å²) < 4.78 is 6.01. The summed E-state index contributed by atoms with van der Waals surface area (Å²) in [6, 6.07) is 0. The van der Waals surface area contributed by atoms with Crippen molar-refractivity contribution in [3.8, 4) is 0 Å². The number of hydrogen-bond donors (Lipinski definition) is 4. The van der Waals surface area contributed by atoms with Crippen molar-refractivity contribution in [2.45, 2.75) is 161 Å². The van der Waals surface area contributed by atoms with Gasteiger partial charge in [-0.3, -0.25) is 4.79 Å². The second kappa shape index (κ2) is 19.0. The first-order chi connectivity index (χ1) is 23.8. The summed E-state index contributed by atoms with van der Waals surface area (Å²) in [6.45, 7) is 8.10. The van der Waals surface area contributed by atoms with E-state index in [0.717, 1.165) is 81.8 Å². The van der Waals surface area contributed by atoms with Crippen molar-refractivity contribution < 1.29 is 14.6 Å². The zero-order chi connectivity index (χ0) is 34.7. The zero-order valence-electron chi connectivity index (χ0n) is 31.7. The monoisotopic (exact) mass is 682 g/mol. The summed E-state index contributed by atoms with van der Waals surface area (Å²) in [5.74, 6) is 4.29. The molecule has 0 radical (unpaired) electrons. The van der Waals surface area contributed by atoms with Crippen molar-refractivity contribution in [3.63, 3.8) is 0 Å². The van der Waals surface area contributed by atoms with Gasteiger partial charge in [-0.2, -0.15) is 0 Å². The molecule has 1 amide bonds. The number of hydrogen-bond acceptors (Lipinski definition) is 5. The van der Waals surface area contributed by atoms with E-state index in [0.29, 0.717) is 23.9 Å². The molecule has 0 aromatic rings. The molecule has 0 saturated heterocycles. The van der Waals surface area contributed by atoms with Crippen LogP contribution in [0, 0.1) is 46.3 Å². The maximum absolute atomic E-state index is 12.6. The molecular formula is C43H75N3O3. The summed E-state index contributed by atoms with van der Waals surface area (Å²) in [5, 5.41) is 13.9. The average Bonchev–Trinajstić information content (AvgIpc) is 3.38. The van der Waals surface area contributed by atoms with E-state index in [2.05, 4.69) is 31.3 Å². The minimum absolute atomic E-state index is 0.0313.